The maximum atomic E-state index is 11.9. The summed E-state index contributed by atoms with van der Waals surface area (Å²) in [7, 11) is 0. The number of halogens is 1. The normalized spacial score (nSPS) is 12.2. The van der Waals surface area contributed by atoms with Gasteiger partial charge in [-0.2, -0.15) is 11.8 Å². The second-order valence-corrected chi connectivity index (χ2v) is 5.53. The fourth-order valence-corrected chi connectivity index (χ4v) is 2.38. The zero-order chi connectivity index (χ0) is 12.7. The van der Waals surface area contributed by atoms with Gasteiger partial charge in [0.25, 0.3) is 5.91 Å². The average molecular weight is 316 g/mol. The molecule has 0 radical (unpaired) electrons. The summed E-state index contributed by atoms with van der Waals surface area (Å²) in [5.74, 6) is 1.09. The van der Waals surface area contributed by atoms with Gasteiger partial charge in [-0.3, -0.25) is 4.79 Å². The molecule has 0 bridgehead atoms. The molecular weight excluding hydrogens is 298 g/mol. The van der Waals surface area contributed by atoms with Gasteiger partial charge in [-0.25, -0.2) is 0 Å². The Morgan fingerprint density at radius 3 is 2.59 bits per heavy atom. The van der Waals surface area contributed by atoms with E-state index in [0.29, 0.717) is 0 Å². The van der Waals surface area contributed by atoms with Gasteiger partial charge in [0.2, 0.25) is 0 Å². The first kappa shape index (κ1) is 14.6. The summed E-state index contributed by atoms with van der Waals surface area (Å²) in [6.07, 6.45) is 3.08. The average Bonchev–Trinajstić information content (AvgIpc) is 2.36. The third-order valence-electron chi connectivity index (χ3n) is 2.50. The van der Waals surface area contributed by atoms with Crippen LogP contribution in [0.3, 0.4) is 0 Å². The number of hydrogen-bond acceptors (Lipinski definition) is 2. The van der Waals surface area contributed by atoms with Crippen LogP contribution < -0.4 is 5.32 Å². The van der Waals surface area contributed by atoms with E-state index in [2.05, 4.69) is 27.5 Å². The first-order chi connectivity index (χ1) is 8.17. The molecule has 1 amide bonds. The summed E-state index contributed by atoms with van der Waals surface area (Å²) in [5, 5.41) is 3.82. The number of thioether (sulfide) groups is 1. The van der Waals surface area contributed by atoms with Gasteiger partial charge in [0.05, 0.1) is 0 Å². The summed E-state index contributed by atoms with van der Waals surface area (Å²) in [4.78, 5) is 11.9. The van der Waals surface area contributed by atoms with Crippen LogP contribution in [0.25, 0.3) is 0 Å². The number of amides is 1. The van der Waals surface area contributed by atoms with Gasteiger partial charge < -0.3 is 5.32 Å². The minimum Gasteiger partial charge on any atom is -0.350 e. The lowest BCUT2D eigenvalue weighted by molar-refractivity contribution is 0.0939. The van der Waals surface area contributed by atoms with E-state index in [1.165, 1.54) is 5.56 Å². The smallest absolute Gasteiger partial charge is 0.251 e. The highest BCUT2D eigenvalue weighted by molar-refractivity contribution is 9.08. The van der Waals surface area contributed by atoms with Crippen LogP contribution in [0.1, 0.15) is 29.3 Å². The van der Waals surface area contributed by atoms with Gasteiger partial charge in [-0.1, -0.05) is 28.1 Å². The highest BCUT2D eigenvalue weighted by Gasteiger charge is 2.09. The molecule has 0 aliphatic rings. The fourth-order valence-electron chi connectivity index (χ4n) is 1.42. The van der Waals surface area contributed by atoms with Crippen molar-refractivity contribution in [3.05, 3.63) is 35.4 Å². The molecule has 94 valence electrons. The second kappa shape index (κ2) is 7.77. The third-order valence-corrected chi connectivity index (χ3v) is 3.79. The molecule has 2 nitrogen and oxygen atoms in total. The monoisotopic (exact) mass is 315 g/mol. The van der Waals surface area contributed by atoms with Crippen LogP contribution in [0.2, 0.25) is 0 Å². The lowest BCUT2D eigenvalue weighted by Crippen LogP contribution is -2.32. The maximum absolute atomic E-state index is 11.9. The van der Waals surface area contributed by atoms with Crippen molar-refractivity contribution in [1.29, 1.82) is 0 Å². The molecule has 0 saturated heterocycles. The van der Waals surface area contributed by atoms with E-state index in [9.17, 15) is 4.79 Å². The van der Waals surface area contributed by atoms with Crippen LogP contribution in [0, 0.1) is 0 Å². The van der Waals surface area contributed by atoms with Crippen LogP contribution in [0.15, 0.2) is 24.3 Å². The maximum Gasteiger partial charge on any atom is 0.251 e. The largest absolute Gasteiger partial charge is 0.350 e. The zero-order valence-electron chi connectivity index (χ0n) is 10.2. The van der Waals surface area contributed by atoms with Gasteiger partial charge in [0, 0.05) is 16.9 Å². The van der Waals surface area contributed by atoms with Crippen LogP contribution in [0.5, 0.6) is 0 Å². The Balaban J connectivity index is 2.51. The molecule has 0 fully saturated rings. The summed E-state index contributed by atoms with van der Waals surface area (Å²) in [6.45, 7) is 2.04. The Bertz CT molecular complexity index is 353. The van der Waals surface area contributed by atoms with Crippen LogP contribution >= 0.6 is 27.7 Å². The van der Waals surface area contributed by atoms with Crippen molar-refractivity contribution in [2.75, 3.05) is 12.0 Å². The molecule has 0 aliphatic heterocycles. The molecule has 1 unspecified atom stereocenters. The predicted octanol–water partition coefficient (Wildman–Crippen LogP) is 3.45. The Morgan fingerprint density at radius 2 is 2.06 bits per heavy atom. The number of carbonyl (C=O) groups excluding carboxylic acids is 1. The van der Waals surface area contributed by atoms with E-state index in [1.807, 2.05) is 31.2 Å². The molecule has 1 aromatic carbocycles. The minimum atomic E-state index is 0.0136. The van der Waals surface area contributed by atoms with Crippen molar-refractivity contribution in [2.24, 2.45) is 0 Å². The van der Waals surface area contributed by atoms with Crippen molar-refractivity contribution in [3.8, 4) is 0 Å². The molecule has 0 aromatic heterocycles. The molecule has 0 saturated carbocycles. The minimum absolute atomic E-state index is 0.0136. The number of alkyl halides is 1. The van der Waals surface area contributed by atoms with E-state index in [1.54, 1.807) is 11.8 Å². The summed E-state index contributed by atoms with van der Waals surface area (Å²) in [6, 6.07) is 7.90. The Morgan fingerprint density at radius 1 is 1.41 bits per heavy atom. The summed E-state index contributed by atoms with van der Waals surface area (Å²) in [5.41, 5.74) is 1.91. The Kier molecular flexibility index (Phi) is 6.66. The lowest BCUT2D eigenvalue weighted by Gasteiger charge is -2.13. The quantitative estimate of drug-likeness (QED) is 0.815. The van der Waals surface area contributed by atoms with E-state index < -0.39 is 0 Å². The van der Waals surface area contributed by atoms with E-state index in [-0.39, 0.29) is 11.9 Å². The number of nitrogens with one attached hydrogen (secondary N) is 1. The van der Waals surface area contributed by atoms with Gasteiger partial charge in [0.1, 0.15) is 0 Å². The summed E-state index contributed by atoms with van der Waals surface area (Å²) < 4.78 is 0. The molecule has 1 atom stereocenters. The van der Waals surface area contributed by atoms with Gasteiger partial charge in [-0.05, 0) is 43.0 Å². The Labute approximate surface area is 116 Å². The highest BCUT2D eigenvalue weighted by Crippen LogP contribution is 2.08. The van der Waals surface area contributed by atoms with Crippen LogP contribution in [-0.2, 0) is 5.33 Å². The molecule has 0 aliphatic carbocycles. The van der Waals surface area contributed by atoms with Crippen molar-refractivity contribution < 1.29 is 4.79 Å². The summed E-state index contributed by atoms with van der Waals surface area (Å²) >= 11 is 5.19. The van der Waals surface area contributed by atoms with Gasteiger partial charge in [0.15, 0.2) is 0 Å². The molecule has 17 heavy (non-hydrogen) atoms. The van der Waals surface area contributed by atoms with E-state index in [0.717, 1.165) is 23.1 Å². The SMILES string of the molecule is CSCCC(C)NC(=O)c1ccc(CBr)cc1. The Hall–Kier alpha value is -0.480. The topological polar surface area (TPSA) is 29.1 Å². The van der Waals surface area contributed by atoms with Gasteiger partial charge in [-0.15, -0.1) is 0 Å². The standard InChI is InChI=1S/C13H18BrNOS/c1-10(7-8-17-2)15-13(16)12-5-3-11(9-14)4-6-12/h3-6,10H,7-9H2,1-2H3,(H,15,16). The second-order valence-electron chi connectivity index (χ2n) is 3.99. The molecule has 4 heteroatoms. The van der Waals surface area contributed by atoms with E-state index in [4.69, 9.17) is 0 Å². The predicted molar refractivity (Wildman–Crippen MR) is 79.0 cm³/mol. The van der Waals surface area contributed by atoms with Crippen molar-refractivity contribution in [1.82, 2.24) is 5.32 Å². The van der Waals surface area contributed by atoms with Gasteiger partial charge >= 0.3 is 0 Å². The number of benzene rings is 1. The highest BCUT2D eigenvalue weighted by atomic mass is 79.9. The lowest BCUT2D eigenvalue weighted by atomic mass is 10.1. The number of carbonyl (C=O) groups is 1. The van der Waals surface area contributed by atoms with Crippen molar-refractivity contribution in [3.63, 3.8) is 0 Å². The molecule has 1 N–H and O–H groups in total. The van der Waals surface area contributed by atoms with Crippen molar-refractivity contribution in [2.45, 2.75) is 24.7 Å². The van der Waals surface area contributed by atoms with Crippen molar-refractivity contribution >= 4 is 33.6 Å². The fraction of sp³-hybridized carbons (Fsp3) is 0.462. The molecule has 0 spiro atoms. The molecule has 1 rings (SSSR count). The van der Waals surface area contributed by atoms with Crippen LogP contribution in [0.4, 0.5) is 0 Å². The molecular formula is C13H18BrNOS. The third kappa shape index (κ3) is 5.13. The number of hydrogen-bond donors (Lipinski definition) is 1. The van der Waals surface area contributed by atoms with E-state index >= 15 is 0 Å². The molecule has 1 aromatic rings. The van der Waals surface area contributed by atoms with Crippen LogP contribution in [-0.4, -0.2) is 24.0 Å². The number of rotatable bonds is 6. The molecule has 0 heterocycles. The first-order valence-electron chi connectivity index (χ1n) is 5.62. The zero-order valence-corrected chi connectivity index (χ0v) is 12.6. The first-order valence-corrected chi connectivity index (χ1v) is 8.13.